The normalized spacial score (nSPS) is 15.3. The van der Waals surface area contributed by atoms with E-state index in [1.165, 1.54) is 17.7 Å². The Morgan fingerprint density at radius 3 is 2.62 bits per heavy atom. The first-order chi connectivity index (χ1) is 11.7. The van der Waals surface area contributed by atoms with Crippen molar-refractivity contribution in [3.05, 3.63) is 65.5 Å². The molecule has 1 fully saturated rings. The van der Waals surface area contributed by atoms with Crippen LogP contribution in [0, 0.1) is 5.82 Å². The molecule has 0 N–H and O–H groups in total. The minimum absolute atomic E-state index is 0.110. The number of rotatable bonds is 4. The number of aryl methyl sites for hydroxylation is 1. The first-order valence-corrected chi connectivity index (χ1v) is 8.46. The van der Waals surface area contributed by atoms with E-state index >= 15 is 0 Å². The molecule has 1 amide bonds. The Labute approximate surface area is 142 Å². The number of piperidine rings is 1. The quantitative estimate of drug-likeness (QED) is 0.847. The van der Waals surface area contributed by atoms with E-state index in [1.807, 2.05) is 12.1 Å². The number of carbonyl (C=O) groups excluding carboxylic acids is 1. The van der Waals surface area contributed by atoms with Crippen molar-refractivity contribution in [3.8, 4) is 5.75 Å². The molecule has 4 heteroatoms. The summed E-state index contributed by atoms with van der Waals surface area (Å²) in [5, 5.41) is 0. The van der Waals surface area contributed by atoms with Gasteiger partial charge in [0.25, 0.3) is 5.91 Å². The number of likely N-dealkylation sites (tertiary alicyclic amines) is 1. The maximum Gasteiger partial charge on any atom is 0.253 e. The summed E-state index contributed by atoms with van der Waals surface area (Å²) in [5.41, 5.74) is 1.66. The van der Waals surface area contributed by atoms with E-state index in [0.29, 0.717) is 18.7 Å². The lowest BCUT2D eigenvalue weighted by Crippen LogP contribution is -2.41. The topological polar surface area (TPSA) is 29.5 Å². The third kappa shape index (κ3) is 3.94. The summed E-state index contributed by atoms with van der Waals surface area (Å²) in [6.07, 6.45) is 2.68. The fraction of sp³-hybridized carbons (Fsp3) is 0.350. The number of hydrogen-bond donors (Lipinski definition) is 0. The second-order valence-electron chi connectivity index (χ2n) is 6.12. The zero-order valence-electron chi connectivity index (χ0n) is 13.9. The third-order valence-corrected chi connectivity index (χ3v) is 4.41. The lowest BCUT2D eigenvalue weighted by Gasteiger charge is -2.32. The van der Waals surface area contributed by atoms with Gasteiger partial charge in [0.1, 0.15) is 17.7 Å². The average Bonchev–Trinajstić information content (AvgIpc) is 2.62. The van der Waals surface area contributed by atoms with E-state index < -0.39 is 0 Å². The summed E-state index contributed by atoms with van der Waals surface area (Å²) in [7, 11) is 0. The van der Waals surface area contributed by atoms with Gasteiger partial charge in [-0.25, -0.2) is 4.39 Å². The number of benzene rings is 2. The van der Waals surface area contributed by atoms with Gasteiger partial charge in [-0.2, -0.15) is 0 Å². The summed E-state index contributed by atoms with van der Waals surface area (Å²) < 4.78 is 19.3. The van der Waals surface area contributed by atoms with E-state index in [4.69, 9.17) is 4.74 Å². The van der Waals surface area contributed by atoms with Gasteiger partial charge in [-0.1, -0.05) is 25.1 Å². The van der Waals surface area contributed by atoms with Gasteiger partial charge in [-0.3, -0.25) is 4.79 Å². The van der Waals surface area contributed by atoms with Crippen molar-refractivity contribution in [2.24, 2.45) is 0 Å². The van der Waals surface area contributed by atoms with Crippen molar-refractivity contribution in [3.63, 3.8) is 0 Å². The molecule has 0 aromatic heterocycles. The molecule has 126 valence electrons. The zero-order chi connectivity index (χ0) is 16.9. The molecular formula is C20H22FNO2. The van der Waals surface area contributed by atoms with E-state index in [9.17, 15) is 9.18 Å². The van der Waals surface area contributed by atoms with Crippen LogP contribution in [0.1, 0.15) is 35.7 Å². The fourth-order valence-electron chi connectivity index (χ4n) is 3.01. The SMILES string of the molecule is CCc1cccc(OC2CCN(C(=O)c3cccc(F)c3)CC2)c1. The van der Waals surface area contributed by atoms with Crippen LogP contribution in [0.3, 0.4) is 0 Å². The Morgan fingerprint density at radius 2 is 1.92 bits per heavy atom. The molecule has 3 nitrogen and oxygen atoms in total. The number of hydrogen-bond acceptors (Lipinski definition) is 2. The molecular weight excluding hydrogens is 305 g/mol. The van der Waals surface area contributed by atoms with Crippen molar-refractivity contribution >= 4 is 5.91 Å². The largest absolute Gasteiger partial charge is 0.490 e. The first kappa shape index (κ1) is 16.5. The van der Waals surface area contributed by atoms with Crippen molar-refractivity contribution in [2.75, 3.05) is 13.1 Å². The average molecular weight is 327 g/mol. The van der Waals surface area contributed by atoms with Crippen molar-refractivity contribution < 1.29 is 13.9 Å². The minimum Gasteiger partial charge on any atom is -0.490 e. The van der Waals surface area contributed by atoms with Crippen LogP contribution >= 0.6 is 0 Å². The Morgan fingerprint density at radius 1 is 1.17 bits per heavy atom. The molecule has 0 spiro atoms. The molecule has 0 bridgehead atoms. The maximum atomic E-state index is 13.3. The molecule has 1 aliphatic heterocycles. The minimum atomic E-state index is -0.380. The molecule has 3 rings (SSSR count). The number of ether oxygens (including phenoxy) is 1. The van der Waals surface area contributed by atoms with Gasteiger partial charge >= 0.3 is 0 Å². The molecule has 0 saturated carbocycles. The van der Waals surface area contributed by atoms with E-state index in [1.54, 1.807) is 17.0 Å². The smallest absolute Gasteiger partial charge is 0.253 e. The van der Waals surface area contributed by atoms with Gasteiger partial charge in [0.15, 0.2) is 0 Å². The molecule has 0 aliphatic carbocycles. The van der Waals surface area contributed by atoms with Crippen LogP contribution in [0.15, 0.2) is 48.5 Å². The molecule has 2 aromatic carbocycles. The third-order valence-electron chi connectivity index (χ3n) is 4.41. The maximum absolute atomic E-state index is 13.3. The highest BCUT2D eigenvalue weighted by atomic mass is 19.1. The summed E-state index contributed by atoms with van der Waals surface area (Å²) >= 11 is 0. The van der Waals surface area contributed by atoms with Gasteiger partial charge in [-0.15, -0.1) is 0 Å². The molecule has 1 aliphatic rings. The zero-order valence-corrected chi connectivity index (χ0v) is 13.9. The van der Waals surface area contributed by atoms with Gasteiger partial charge in [-0.05, 0) is 42.3 Å². The highest BCUT2D eigenvalue weighted by molar-refractivity contribution is 5.94. The Bertz CT molecular complexity index is 708. The van der Waals surface area contributed by atoms with E-state index in [0.717, 1.165) is 25.0 Å². The van der Waals surface area contributed by atoms with Crippen molar-refractivity contribution in [1.29, 1.82) is 0 Å². The fourth-order valence-corrected chi connectivity index (χ4v) is 3.01. The summed E-state index contributed by atoms with van der Waals surface area (Å²) in [5.74, 6) is 0.403. The number of halogens is 1. The van der Waals surface area contributed by atoms with Crippen molar-refractivity contribution in [1.82, 2.24) is 4.90 Å². The predicted octanol–water partition coefficient (Wildman–Crippen LogP) is 4.07. The van der Waals surface area contributed by atoms with Crippen LogP contribution in [0.5, 0.6) is 5.75 Å². The first-order valence-electron chi connectivity index (χ1n) is 8.46. The molecule has 0 radical (unpaired) electrons. The Kier molecular flexibility index (Phi) is 5.14. The van der Waals surface area contributed by atoms with Gasteiger partial charge in [0.05, 0.1) is 0 Å². The lowest BCUT2D eigenvalue weighted by atomic mass is 10.1. The monoisotopic (exact) mass is 327 g/mol. The van der Waals surface area contributed by atoms with Crippen LogP contribution in [0.25, 0.3) is 0 Å². The summed E-state index contributed by atoms with van der Waals surface area (Å²) in [6, 6.07) is 14.0. The summed E-state index contributed by atoms with van der Waals surface area (Å²) in [6.45, 7) is 3.39. The van der Waals surface area contributed by atoms with Crippen LogP contribution in [0.4, 0.5) is 4.39 Å². The van der Waals surface area contributed by atoms with Crippen LogP contribution in [-0.4, -0.2) is 30.0 Å². The Hall–Kier alpha value is -2.36. The lowest BCUT2D eigenvalue weighted by molar-refractivity contribution is 0.0595. The Balaban J connectivity index is 1.56. The molecule has 0 atom stereocenters. The van der Waals surface area contributed by atoms with Crippen LogP contribution < -0.4 is 4.74 Å². The molecule has 1 saturated heterocycles. The predicted molar refractivity (Wildman–Crippen MR) is 91.8 cm³/mol. The number of carbonyl (C=O) groups is 1. The second-order valence-corrected chi connectivity index (χ2v) is 6.12. The highest BCUT2D eigenvalue weighted by Crippen LogP contribution is 2.21. The van der Waals surface area contributed by atoms with Crippen LogP contribution in [-0.2, 0) is 6.42 Å². The van der Waals surface area contributed by atoms with Gasteiger partial charge in [0, 0.05) is 31.5 Å². The molecule has 24 heavy (non-hydrogen) atoms. The second kappa shape index (κ2) is 7.47. The van der Waals surface area contributed by atoms with Gasteiger partial charge < -0.3 is 9.64 Å². The number of nitrogens with zero attached hydrogens (tertiary/aromatic N) is 1. The molecule has 0 unspecified atom stereocenters. The van der Waals surface area contributed by atoms with Crippen LogP contribution in [0.2, 0.25) is 0 Å². The van der Waals surface area contributed by atoms with Crippen molar-refractivity contribution in [2.45, 2.75) is 32.3 Å². The summed E-state index contributed by atoms with van der Waals surface area (Å²) in [4.78, 5) is 14.2. The van der Waals surface area contributed by atoms with E-state index in [2.05, 4.69) is 19.1 Å². The highest BCUT2D eigenvalue weighted by Gasteiger charge is 2.24. The standard InChI is InChI=1S/C20H22FNO2/c1-2-15-5-3-8-19(13-15)24-18-9-11-22(12-10-18)20(23)16-6-4-7-17(21)14-16/h3-8,13-14,18H,2,9-12H2,1H3. The number of amides is 1. The van der Waals surface area contributed by atoms with E-state index in [-0.39, 0.29) is 17.8 Å². The van der Waals surface area contributed by atoms with Gasteiger partial charge in [0.2, 0.25) is 0 Å². The molecule has 1 heterocycles. The molecule has 2 aromatic rings.